The topological polar surface area (TPSA) is 54.9 Å². The van der Waals surface area contributed by atoms with Crippen LogP contribution in [0.3, 0.4) is 0 Å². The van der Waals surface area contributed by atoms with Gasteiger partial charge in [0.05, 0.1) is 0 Å². The first kappa shape index (κ1) is 17.5. The Hall–Kier alpha value is -2.32. The molecule has 0 saturated carbocycles. The average molecular weight is 377 g/mol. The summed E-state index contributed by atoms with van der Waals surface area (Å²) in [5, 5.41) is 10.4. The lowest BCUT2D eigenvalue weighted by Gasteiger charge is -2.03. The van der Waals surface area contributed by atoms with Crippen LogP contribution in [0.2, 0.25) is 0 Å². The van der Waals surface area contributed by atoms with E-state index in [1.807, 2.05) is 31.2 Å². The maximum Gasteiger partial charge on any atom is 0.263 e. The fourth-order valence-corrected chi connectivity index (χ4v) is 3.93. The van der Waals surface area contributed by atoms with E-state index in [1.165, 1.54) is 29.0 Å². The molecular formula is C17H13F2N3OS2. The van der Waals surface area contributed by atoms with E-state index in [1.54, 1.807) is 0 Å². The molecule has 0 radical (unpaired) electrons. The van der Waals surface area contributed by atoms with Gasteiger partial charge in [0.15, 0.2) is 4.34 Å². The zero-order chi connectivity index (χ0) is 17.8. The number of aryl methyl sites for hydroxylation is 1. The van der Waals surface area contributed by atoms with Crippen molar-refractivity contribution < 1.29 is 13.6 Å². The van der Waals surface area contributed by atoms with Crippen molar-refractivity contribution in [3.8, 4) is 0 Å². The fraction of sp³-hybridized carbons (Fsp3) is 0.118. The van der Waals surface area contributed by atoms with Gasteiger partial charge in [-0.1, -0.05) is 53.4 Å². The van der Waals surface area contributed by atoms with Gasteiger partial charge in [0.1, 0.15) is 17.2 Å². The van der Waals surface area contributed by atoms with Crippen molar-refractivity contribution >= 4 is 34.1 Å². The highest BCUT2D eigenvalue weighted by Gasteiger charge is 2.18. The number of hydrogen-bond acceptors (Lipinski definition) is 5. The van der Waals surface area contributed by atoms with E-state index in [2.05, 4.69) is 15.5 Å². The number of amides is 1. The number of benzene rings is 2. The largest absolute Gasteiger partial charge is 0.296 e. The van der Waals surface area contributed by atoms with Crippen molar-refractivity contribution in [2.45, 2.75) is 17.0 Å². The van der Waals surface area contributed by atoms with Gasteiger partial charge in [-0.3, -0.25) is 10.1 Å². The van der Waals surface area contributed by atoms with Crippen molar-refractivity contribution in [1.29, 1.82) is 0 Å². The van der Waals surface area contributed by atoms with Gasteiger partial charge in [-0.25, -0.2) is 8.78 Å². The SMILES string of the molecule is Cc1ccccc1CSc1nnc(NC(=O)c2c(F)cccc2F)s1. The van der Waals surface area contributed by atoms with E-state index in [0.717, 1.165) is 29.2 Å². The highest BCUT2D eigenvalue weighted by molar-refractivity contribution is 8.00. The van der Waals surface area contributed by atoms with Crippen LogP contribution in [0.4, 0.5) is 13.9 Å². The molecule has 0 aliphatic carbocycles. The summed E-state index contributed by atoms with van der Waals surface area (Å²) in [5.74, 6) is -2.01. The van der Waals surface area contributed by atoms with E-state index < -0.39 is 23.1 Å². The zero-order valence-electron chi connectivity index (χ0n) is 13.1. The van der Waals surface area contributed by atoms with Gasteiger partial charge in [-0.2, -0.15) is 0 Å². The first-order valence-electron chi connectivity index (χ1n) is 7.31. The maximum absolute atomic E-state index is 13.6. The molecule has 3 rings (SSSR count). The molecule has 0 bridgehead atoms. The Kier molecular flexibility index (Phi) is 5.40. The van der Waals surface area contributed by atoms with Crippen LogP contribution < -0.4 is 5.32 Å². The Morgan fingerprint density at radius 3 is 2.56 bits per heavy atom. The minimum Gasteiger partial charge on any atom is -0.296 e. The van der Waals surface area contributed by atoms with E-state index in [9.17, 15) is 13.6 Å². The first-order valence-corrected chi connectivity index (χ1v) is 9.11. The highest BCUT2D eigenvalue weighted by atomic mass is 32.2. The summed E-state index contributed by atoms with van der Waals surface area (Å²) in [6.07, 6.45) is 0. The normalized spacial score (nSPS) is 10.7. The molecule has 128 valence electrons. The van der Waals surface area contributed by atoms with E-state index in [0.29, 0.717) is 4.34 Å². The number of thioether (sulfide) groups is 1. The van der Waals surface area contributed by atoms with Crippen LogP contribution in [-0.4, -0.2) is 16.1 Å². The molecule has 0 aliphatic rings. The second kappa shape index (κ2) is 7.71. The van der Waals surface area contributed by atoms with Crippen LogP contribution in [-0.2, 0) is 5.75 Å². The molecule has 1 heterocycles. The molecule has 25 heavy (non-hydrogen) atoms. The molecule has 0 aliphatic heterocycles. The van der Waals surface area contributed by atoms with Gasteiger partial charge in [-0.15, -0.1) is 10.2 Å². The summed E-state index contributed by atoms with van der Waals surface area (Å²) in [4.78, 5) is 12.0. The third-order valence-corrected chi connectivity index (χ3v) is 5.45. The van der Waals surface area contributed by atoms with Crippen LogP contribution >= 0.6 is 23.1 Å². The van der Waals surface area contributed by atoms with Gasteiger partial charge in [0.25, 0.3) is 5.91 Å². The summed E-state index contributed by atoms with van der Waals surface area (Å²) >= 11 is 2.64. The van der Waals surface area contributed by atoms with Crippen LogP contribution in [0, 0.1) is 18.6 Å². The van der Waals surface area contributed by atoms with Gasteiger partial charge in [0.2, 0.25) is 5.13 Å². The molecule has 4 nitrogen and oxygen atoms in total. The molecule has 0 unspecified atom stereocenters. The minimum atomic E-state index is -0.920. The lowest BCUT2D eigenvalue weighted by atomic mass is 10.1. The first-order chi connectivity index (χ1) is 12.0. The fourth-order valence-electron chi connectivity index (χ4n) is 2.10. The molecule has 1 aromatic heterocycles. The van der Waals surface area contributed by atoms with Crippen molar-refractivity contribution in [2.75, 3.05) is 5.32 Å². The molecular weight excluding hydrogens is 364 g/mol. The highest BCUT2D eigenvalue weighted by Crippen LogP contribution is 2.29. The van der Waals surface area contributed by atoms with Crippen LogP contribution in [0.15, 0.2) is 46.8 Å². The van der Waals surface area contributed by atoms with E-state index in [-0.39, 0.29) is 5.13 Å². The van der Waals surface area contributed by atoms with E-state index >= 15 is 0 Å². The van der Waals surface area contributed by atoms with E-state index in [4.69, 9.17) is 0 Å². The summed E-state index contributed by atoms with van der Waals surface area (Å²) in [6.45, 7) is 2.03. The predicted octanol–water partition coefficient (Wildman–Crippen LogP) is 4.67. The van der Waals surface area contributed by atoms with Crippen molar-refractivity contribution in [2.24, 2.45) is 0 Å². The summed E-state index contributed by atoms with van der Waals surface area (Å²) in [5.41, 5.74) is 1.73. The average Bonchev–Trinajstić information content (AvgIpc) is 3.01. The quantitative estimate of drug-likeness (QED) is 0.519. The number of nitrogens with one attached hydrogen (secondary N) is 1. The van der Waals surface area contributed by atoms with Gasteiger partial charge in [0, 0.05) is 5.75 Å². The number of hydrogen-bond donors (Lipinski definition) is 1. The Labute approximate surface area is 151 Å². The second-order valence-electron chi connectivity index (χ2n) is 5.14. The number of nitrogens with zero attached hydrogens (tertiary/aromatic N) is 2. The van der Waals surface area contributed by atoms with Crippen LogP contribution in [0.5, 0.6) is 0 Å². The maximum atomic E-state index is 13.6. The van der Waals surface area contributed by atoms with Gasteiger partial charge >= 0.3 is 0 Å². The number of anilines is 1. The number of carbonyl (C=O) groups excluding carboxylic acids is 1. The standard InChI is InChI=1S/C17H13F2N3OS2/c1-10-5-2-3-6-11(10)9-24-17-22-21-16(25-17)20-15(23)14-12(18)7-4-8-13(14)19/h2-8H,9H2,1H3,(H,20,21,23). The van der Waals surface area contributed by atoms with Crippen molar-refractivity contribution in [3.05, 3.63) is 70.8 Å². The lowest BCUT2D eigenvalue weighted by Crippen LogP contribution is -2.15. The van der Waals surface area contributed by atoms with Gasteiger partial charge in [-0.05, 0) is 30.2 Å². The van der Waals surface area contributed by atoms with Crippen molar-refractivity contribution in [3.63, 3.8) is 0 Å². The van der Waals surface area contributed by atoms with Crippen LogP contribution in [0.1, 0.15) is 21.5 Å². The third-order valence-electron chi connectivity index (χ3n) is 3.43. The smallest absolute Gasteiger partial charge is 0.263 e. The molecule has 2 aromatic carbocycles. The Balaban J connectivity index is 1.66. The molecule has 8 heteroatoms. The number of carbonyl (C=O) groups is 1. The predicted molar refractivity (Wildman–Crippen MR) is 95.0 cm³/mol. The monoisotopic (exact) mass is 377 g/mol. The Morgan fingerprint density at radius 2 is 1.84 bits per heavy atom. The molecule has 3 aromatic rings. The molecule has 1 N–H and O–H groups in total. The molecule has 0 saturated heterocycles. The second-order valence-corrected chi connectivity index (χ2v) is 7.34. The molecule has 0 spiro atoms. The van der Waals surface area contributed by atoms with Gasteiger partial charge < -0.3 is 0 Å². The molecule has 0 fully saturated rings. The lowest BCUT2D eigenvalue weighted by molar-refractivity contribution is 0.101. The zero-order valence-corrected chi connectivity index (χ0v) is 14.8. The Morgan fingerprint density at radius 1 is 1.12 bits per heavy atom. The minimum absolute atomic E-state index is 0.194. The van der Waals surface area contributed by atoms with Crippen molar-refractivity contribution in [1.82, 2.24) is 10.2 Å². The molecule has 0 atom stereocenters. The number of halogens is 2. The van der Waals surface area contributed by atoms with Crippen LogP contribution in [0.25, 0.3) is 0 Å². The Bertz CT molecular complexity index is 894. The summed E-state index contributed by atoms with van der Waals surface area (Å²) < 4.78 is 27.9. The summed E-state index contributed by atoms with van der Waals surface area (Å²) in [7, 11) is 0. The molecule has 1 amide bonds. The number of rotatable bonds is 5. The summed E-state index contributed by atoms with van der Waals surface area (Å²) in [6, 6.07) is 11.3. The number of aromatic nitrogens is 2. The third kappa shape index (κ3) is 4.21.